The molecular formula is C14H20O2. The van der Waals surface area contributed by atoms with Crippen molar-refractivity contribution in [2.75, 3.05) is 6.61 Å². The second kappa shape index (κ2) is 5.69. The van der Waals surface area contributed by atoms with Crippen LogP contribution in [0.15, 0.2) is 18.2 Å². The van der Waals surface area contributed by atoms with Crippen molar-refractivity contribution in [1.82, 2.24) is 0 Å². The minimum absolute atomic E-state index is 0.112. The van der Waals surface area contributed by atoms with Crippen molar-refractivity contribution >= 4 is 5.97 Å². The monoisotopic (exact) mass is 220 g/mol. The van der Waals surface area contributed by atoms with E-state index in [2.05, 4.69) is 18.2 Å². The number of ether oxygens (including phenoxy) is 1. The maximum Gasteiger partial charge on any atom is 0.313 e. The maximum absolute atomic E-state index is 11.8. The molecule has 0 N–H and O–H groups in total. The summed E-state index contributed by atoms with van der Waals surface area (Å²) >= 11 is 0. The number of aryl methyl sites for hydroxylation is 2. The number of hydrogen-bond donors (Lipinski definition) is 0. The van der Waals surface area contributed by atoms with Gasteiger partial charge in [0.2, 0.25) is 0 Å². The molecule has 88 valence electrons. The van der Waals surface area contributed by atoms with E-state index >= 15 is 0 Å². The highest BCUT2D eigenvalue weighted by Crippen LogP contribution is 2.25. The normalized spacial score (nSPS) is 12.2. The fourth-order valence-electron chi connectivity index (χ4n) is 1.89. The summed E-state index contributed by atoms with van der Waals surface area (Å²) in [7, 11) is 0. The molecule has 0 spiro atoms. The van der Waals surface area contributed by atoms with Gasteiger partial charge in [0, 0.05) is 0 Å². The summed E-state index contributed by atoms with van der Waals surface area (Å²) in [6.07, 6.45) is 0.781. The van der Waals surface area contributed by atoms with Crippen molar-refractivity contribution in [2.24, 2.45) is 0 Å². The first-order chi connectivity index (χ1) is 7.60. The van der Waals surface area contributed by atoms with Gasteiger partial charge >= 0.3 is 5.97 Å². The summed E-state index contributed by atoms with van der Waals surface area (Å²) in [5, 5.41) is 0. The Kier molecular flexibility index (Phi) is 4.53. The number of carbonyl (C=O) groups excluding carboxylic acids is 1. The predicted octanol–water partition coefficient (Wildman–Crippen LogP) is 3.36. The van der Waals surface area contributed by atoms with Gasteiger partial charge in [-0.15, -0.1) is 0 Å². The molecule has 0 amide bonds. The lowest BCUT2D eigenvalue weighted by atomic mass is 9.91. The van der Waals surface area contributed by atoms with Gasteiger partial charge in [0.05, 0.1) is 12.5 Å². The summed E-state index contributed by atoms with van der Waals surface area (Å²) in [4.78, 5) is 11.8. The maximum atomic E-state index is 11.8. The highest BCUT2D eigenvalue weighted by Gasteiger charge is 2.21. The zero-order valence-electron chi connectivity index (χ0n) is 10.5. The second-order valence-corrected chi connectivity index (χ2v) is 4.07. The number of esters is 1. The van der Waals surface area contributed by atoms with Gasteiger partial charge in [-0.3, -0.25) is 4.79 Å². The molecule has 0 bridgehead atoms. The fourth-order valence-corrected chi connectivity index (χ4v) is 1.89. The Morgan fingerprint density at radius 1 is 1.31 bits per heavy atom. The molecule has 0 heterocycles. The summed E-state index contributed by atoms with van der Waals surface area (Å²) in [5.41, 5.74) is 3.44. The van der Waals surface area contributed by atoms with Gasteiger partial charge in [-0.2, -0.15) is 0 Å². The van der Waals surface area contributed by atoms with Crippen molar-refractivity contribution in [2.45, 2.75) is 40.0 Å². The summed E-state index contributed by atoms with van der Waals surface area (Å²) < 4.78 is 5.11. The van der Waals surface area contributed by atoms with E-state index in [1.54, 1.807) is 0 Å². The van der Waals surface area contributed by atoms with Crippen molar-refractivity contribution in [3.63, 3.8) is 0 Å². The SMILES string of the molecule is CCOC(=O)C(CC)c1cc(C)ccc1C. The first-order valence-electron chi connectivity index (χ1n) is 5.83. The van der Waals surface area contributed by atoms with Crippen molar-refractivity contribution in [1.29, 1.82) is 0 Å². The van der Waals surface area contributed by atoms with Crippen LogP contribution in [0.3, 0.4) is 0 Å². The molecule has 0 aliphatic rings. The average molecular weight is 220 g/mol. The third-order valence-corrected chi connectivity index (χ3v) is 2.79. The van der Waals surface area contributed by atoms with Crippen molar-refractivity contribution in [3.05, 3.63) is 34.9 Å². The Bertz CT molecular complexity index is 369. The van der Waals surface area contributed by atoms with Gasteiger partial charge in [-0.25, -0.2) is 0 Å². The topological polar surface area (TPSA) is 26.3 Å². The smallest absolute Gasteiger partial charge is 0.313 e. The Morgan fingerprint density at radius 3 is 2.56 bits per heavy atom. The highest BCUT2D eigenvalue weighted by atomic mass is 16.5. The van der Waals surface area contributed by atoms with Crippen LogP contribution >= 0.6 is 0 Å². The van der Waals surface area contributed by atoms with E-state index in [1.165, 1.54) is 5.56 Å². The van der Waals surface area contributed by atoms with Crippen LogP contribution in [-0.2, 0) is 9.53 Å². The molecule has 0 radical (unpaired) electrons. The zero-order valence-corrected chi connectivity index (χ0v) is 10.5. The molecule has 0 fully saturated rings. The number of carbonyl (C=O) groups is 1. The molecule has 1 aromatic rings. The molecule has 1 unspecified atom stereocenters. The van der Waals surface area contributed by atoms with Crippen LogP contribution < -0.4 is 0 Å². The van der Waals surface area contributed by atoms with E-state index < -0.39 is 0 Å². The number of hydrogen-bond acceptors (Lipinski definition) is 2. The van der Waals surface area contributed by atoms with Gasteiger partial charge in [0.15, 0.2) is 0 Å². The molecule has 2 heteroatoms. The molecule has 0 saturated carbocycles. The average Bonchev–Trinajstić information content (AvgIpc) is 2.24. The second-order valence-electron chi connectivity index (χ2n) is 4.07. The minimum atomic E-state index is -0.125. The fraction of sp³-hybridized carbons (Fsp3) is 0.500. The zero-order chi connectivity index (χ0) is 12.1. The molecule has 1 atom stereocenters. The predicted molar refractivity (Wildman–Crippen MR) is 65.6 cm³/mol. The van der Waals surface area contributed by atoms with Crippen LogP contribution in [0.1, 0.15) is 42.9 Å². The number of rotatable bonds is 4. The molecule has 0 aliphatic carbocycles. The Balaban J connectivity index is 3.03. The van der Waals surface area contributed by atoms with Crippen LogP contribution in [0.25, 0.3) is 0 Å². The van der Waals surface area contributed by atoms with Crippen LogP contribution in [0.2, 0.25) is 0 Å². The van der Waals surface area contributed by atoms with Crippen LogP contribution in [-0.4, -0.2) is 12.6 Å². The molecule has 16 heavy (non-hydrogen) atoms. The molecular weight excluding hydrogens is 200 g/mol. The van der Waals surface area contributed by atoms with E-state index in [-0.39, 0.29) is 11.9 Å². The first-order valence-corrected chi connectivity index (χ1v) is 5.83. The van der Waals surface area contributed by atoms with Gasteiger partial charge in [0.25, 0.3) is 0 Å². The molecule has 2 nitrogen and oxygen atoms in total. The first kappa shape index (κ1) is 12.8. The minimum Gasteiger partial charge on any atom is -0.466 e. The molecule has 1 aromatic carbocycles. The van der Waals surface area contributed by atoms with E-state index in [9.17, 15) is 4.79 Å². The highest BCUT2D eigenvalue weighted by molar-refractivity contribution is 5.78. The lowest BCUT2D eigenvalue weighted by Crippen LogP contribution is -2.16. The van der Waals surface area contributed by atoms with Crippen molar-refractivity contribution in [3.8, 4) is 0 Å². The standard InChI is InChI=1S/C14H20O2/c1-5-12(14(15)16-6-2)13-9-10(3)7-8-11(13)4/h7-9,12H,5-6H2,1-4H3. The molecule has 0 aromatic heterocycles. The van der Waals surface area contributed by atoms with Crippen LogP contribution in [0, 0.1) is 13.8 Å². The quantitative estimate of drug-likeness (QED) is 0.727. The molecule has 1 rings (SSSR count). The molecule has 0 saturated heterocycles. The van der Waals surface area contributed by atoms with E-state index in [4.69, 9.17) is 4.74 Å². The van der Waals surface area contributed by atoms with Gasteiger partial charge in [-0.05, 0) is 38.3 Å². The van der Waals surface area contributed by atoms with Gasteiger partial charge in [-0.1, -0.05) is 30.7 Å². The van der Waals surface area contributed by atoms with Crippen LogP contribution in [0.5, 0.6) is 0 Å². The van der Waals surface area contributed by atoms with Crippen molar-refractivity contribution < 1.29 is 9.53 Å². The third kappa shape index (κ3) is 2.84. The van der Waals surface area contributed by atoms with Crippen LogP contribution in [0.4, 0.5) is 0 Å². The third-order valence-electron chi connectivity index (χ3n) is 2.79. The van der Waals surface area contributed by atoms with E-state index in [1.807, 2.05) is 27.7 Å². The summed E-state index contributed by atoms with van der Waals surface area (Å²) in [6.45, 7) is 8.38. The number of benzene rings is 1. The van der Waals surface area contributed by atoms with E-state index in [0.29, 0.717) is 6.61 Å². The lowest BCUT2D eigenvalue weighted by Gasteiger charge is -2.16. The van der Waals surface area contributed by atoms with Gasteiger partial charge < -0.3 is 4.74 Å². The summed E-state index contributed by atoms with van der Waals surface area (Å²) in [6, 6.07) is 6.21. The Hall–Kier alpha value is -1.31. The lowest BCUT2D eigenvalue weighted by molar-refractivity contribution is -0.145. The van der Waals surface area contributed by atoms with E-state index in [0.717, 1.165) is 17.5 Å². The Morgan fingerprint density at radius 2 is 2.00 bits per heavy atom. The van der Waals surface area contributed by atoms with Gasteiger partial charge in [0.1, 0.15) is 0 Å². The summed E-state index contributed by atoms with van der Waals surface area (Å²) in [5.74, 6) is -0.237. The largest absolute Gasteiger partial charge is 0.466 e. The Labute approximate surface area is 97.6 Å². The molecule has 0 aliphatic heterocycles.